The molecule has 0 aliphatic carbocycles. The van der Waals surface area contributed by atoms with E-state index in [0.717, 1.165) is 6.42 Å². The van der Waals surface area contributed by atoms with E-state index in [1.807, 2.05) is 0 Å². The maximum absolute atomic E-state index is 5.36. The Hall–Kier alpha value is -0.340. The first-order valence-electron chi connectivity index (χ1n) is 3.27. The van der Waals surface area contributed by atoms with Gasteiger partial charge in [-0.1, -0.05) is 13.0 Å². The van der Waals surface area contributed by atoms with Gasteiger partial charge in [0.25, 0.3) is 0 Å². The number of hydrogen-bond donors (Lipinski definition) is 1. The molecule has 0 rings (SSSR count). The molecule has 0 fully saturated rings. The van der Waals surface area contributed by atoms with Gasteiger partial charge >= 0.3 is 0 Å². The molecule has 0 aromatic rings. The molecule has 0 aromatic heterocycles. The van der Waals surface area contributed by atoms with Crippen molar-refractivity contribution in [1.82, 2.24) is 0 Å². The lowest BCUT2D eigenvalue weighted by Crippen LogP contribution is -2.22. The average Bonchev–Trinajstić information content (AvgIpc) is 1.91. The van der Waals surface area contributed by atoms with Gasteiger partial charge in [-0.15, -0.1) is 6.58 Å². The fourth-order valence-corrected chi connectivity index (χ4v) is 0.557. The van der Waals surface area contributed by atoms with E-state index >= 15 is 0 Å². The van der Waals surface area contributed by atoms with E-state index in [9.17, 15) is 0 Å². The molecule has 0 spiro atoms. The maximum Gasteiger partial charge on any atom is 0.0698 e. The zero-order chi connectivity index (χ0) is 7.11. The predicted molar refractivity (Wildman–Crippen MR) is 39.3 cm³/mol. The minimum atomic E-state index is 0.211. The van der Waals surface area contributed by atoms with Gasteiger partial charge in [-0.2, -0.15) is 0 Å². The van der Waals surface area contributed by atoms with E-state index in [4.69, 9.17) is 10.5 Å². The highest BCUT2D eigenvalue weighted by molar-refractivity contribution is 4.66. The minimum absolute atomic E-state index is 0.211. The summed E-state index contributed by atoms with van der Waals surface area (Å²) in [7, 11) is 0. The Labute approximate surface area is 56.7 Å². The Morgan fingerprint density at radius 1 is 1.78 bits per heavy atom. The van der Waals surface area contributed by atoms with Gasteiger partial charge in [-0.25, -0.2) is 0 Å². The van der Waals surface area contributed by atoms with Crippen LogP contribution in [0.3, 0.4) is 0 Å². The molecule has 0 aliphatic heterocycles. The molecule has 0 aromatic carbocycles. The van der Waals surface area contributed by atoms with Gasteiger partial charge in [0.05, 0.1) is 12.7 Å². The van der Waals surface area contributed by atoms with Gasteiger partial charge in [0, 0.05) is 6.54 Å². The summed E-state index contributed by atoms with van der Waals surface area (Å²) >= 11 is 0. The molecule has 0 radical (unpaired) electrons. The molecule has 0 saturated carbocycles. The highest BCUT2D eigenvalue weighted by Gasteiger charge is 1.99. The standard InChI is InChI=1S/C7H15NO/c1-3-5-9-7(4-2)6-8/h3,7H,1,4-6,8H2,2H3. The topological polar surface area (TPSA) is 35.2 Å². The van der Waals surface area contributed by atoms with Crippen LogP contribution in [0, 0.1) is 0 Å². The van der Waals surface area contributed by atoms with Crippen LogP contribution in [-0.2, 0) is 4.74 Å². The van der Waals surface area contributed by atoms with Crippen LogP contribution in [-0.4, -0.2) is 19.3 Å². The third-order valence-electron chi connectivity index (χ3n) is 1.17. The highest BCUT2D eigenvalue weighted by Crippen LogP contribution is 1.93. The van der Waals surface area contributed by atoms with Gasteiger partial charge in [0.2, 0.25) is 0 Å². The van der Waals surface area contributed by atoms with Crippen molar-refractivity contribution in [3.8, 4) is 0 Å². The molecule has 0 saturated heterocycles. The first kappa shape index (κ1) is 8.66. The predicted octanol–water partition coefficient (Wildman–Crippen LogP) is 0.926. The zero-order valence-electron chi connectivity index (χ0n) is 5.97. The summed E-state index contributed by atoms with van der Waals surface area (Å²) in [6.45, 7) is 6.80. The molecule has 2 nitrogen and oxygen atoms in total. The Bertz CT molecular complexity index is 69.3. The van der Waals surface area contributed by atoms with Crippen LogP contribution >= 0.6 is 0 Å². The molecule has 1 atom stereocenters. The Morgan fingerprint density at radius 2 is 2.44 bits per heavy atom. The molecular formula is C7H15NO. The van der Waals surface area contributed by atoms with Crippen molar-refractivity contribution in [2.45, 2.75) is 19.4 Å². The molecule has 0 bridgehead atoms. The summed E-state index contributed by atoms with van der Waals surface area (Å²) in [5, 5.41) is 0. The lowest BCUT2D eigenvalue weighted by atomic mass is 10.3. The first-order valence-corrected chi connectivity index (χ1v) is 3.27. The van der Waals surface area contributed by atoms with E-state index in [0.29, 0.717) is 13.2 Å². The van der Waals surface area contributed by atoms with Gasteiger partial charge in [-0.05, 0) is 6.42 Å². The third kappa shape index (κ3) is 4.18. The summed E-state index contributed by atoms with van der Waals surface area (Å²) in [5.74, 6) is 0. The van der Waals surface area contributed by atoms with Gasteiger partial charge in [-0.3, -0.25) is 0 Å². The average molecular weight is 129 g/mol. The Kier molecular flexibility index (Phi) is 5.57. The first-order chi connectivity index (χ1) is 4.35. The summed E-state index contributed by atoms with van der Waals surface area (Å²) in [6.07, 6.45) is 2.92. The van der Waals surface area contributed by atoms with E-state index in [1.54, 1.807) is 6.08 Å². The summed E-state index contributed by atoms with van der Waals surface area (Å²) in [6, 6.07) is 0. The fraction of sp³-hybridized carbons (Fsp3) is 0.714. The number of ether oxygens (including phenoxy) is 1. The molecule has 2 N–H and O–H groups in total. The second-order valence-electron chi connectivity index (χ2n) is 1.89. The van der Waals surface area contributed by atoms with E-state index in [-0.39, 0.29) is 6.10 Å². The quantitative estimate of drug-likeness (QED) is 0.560. The molecule has 0 heterocycles. The fourth-order valence-electron chi connectivity index (χ4n) is 0.557. The molecule has 2 heteroatoms. The van der Waals surface area contributed by atoms with Crippen LogP contribution in [0.15, 0.2) is 12.7 Å². The summed E-state index contributed by atoms with van der Waals surface area (Å²) in [5.41, 5.74) is 5.36. The Morgan fingerprint density at radius 3 is 2.78 bits per heavy atom. The molecular weight excluding hydrogens is 114 g/mol. The number of hydrogen-bond acceptors (Lipinski definition) is 2. The second-order valence-corrected chi connectivity index (χ2v) is 1.89. The van der Waals surface area contributed by atoms with Crippen LogP contribution in [0.25, 0.3) is 0 Å². The number of nitrogens with two attached hydrogens (primary N) is 1. The van der Waals surface area contributed by atoms with Gasteiger partial charge < -0.3 is 10.5 Å². The van der Waals surface area contributed by atoms with Crippen molar-refractivity contribution >= 4 is 0 Å². The van der Waals surface area contributed by atoms with Crippen molar-refractivity contribution in [3.05, 3.63) is 12.7 Å². The largest absolute Gasteiger partial charge is 0.373 e. The molecule has 9 heavy (non-hydrogen) atoms. The van der Waals surface area contributed by atoms with E-state index < -0.39 is 0 Å². The van der Waals surface area contributed by atoms with Crippen molar-refractivity contribution in [3.63, 3.8) is 0 Å². The summed E-state index contributed by atoms with van der Waals surface area (Å²) < 4.78 is 5.25. The molecule has 0 amide bonds. The van der Waals surface area contributed by atoms with Crippen LogP contribution in [0.2, 0.25) is 0 Å². The van der Waals surface area contributed by atoms with Crippen LogP contribution < -0.4 is 5.73 Å². The molecule has 1 unspecified atom stereocenters. The SMILES string of the molecule is C=CCOC(CC)CN. The zero-order valence-corrected chi connectivity index (χ0v) is 5.97. The minimum Gasteiger partial charge on any atom is -0.373 e. The highest BCUT2D eigenvalue weighted by atomic mass is 16.5. The molecule has 0 aliphatic rings. The van der Waals surface area contributed by atoms with Crippen molar-refractivity contribution in [1.29, 1.82) is 0 Å². The van der Waals surface area contributed by atoms with Gasteiger partial charge in [0.15, 0.2) is 0 Å². The van der Waals surface area contributed by atoms with Crippen molar-refractivity contribution in [2.75, 3.05) is 13.2 Å². The van der Waals surface area contributed by atoms with Crippen LogP contribution in [0.5, 0.6) is 0 Å². The monoisotopic (exact) mass is 129 g/mol. The smallest absolute Gasteiger partial charge is 0.0698 e. The molecule has 54 valence electrons. The normalized spacial score (nSPS) is 13.1. The second kappa shape index (κ2) is 5.79. The maximum atomic E-state index is 5.36. The van der Waals surface area contributed by atoms with Crippen molar-refractivity contribution in [2.24, 2.45) is 5.73 Å². The van der Waals surface area contributed by atoms with Gasteiger partial charge in [0.1, 0.15) is 0 Å². The number of rotatable bonds is 5. The summed E-state index contributed by atoms with van der Waals surface area (Å²) in [4.78, 5) is 0. The van der Waals surface area contributed by atoms with E-state index in [1.165, 1.54) is 0 Å². The van der Waals surface area contributed by atoms with Crippen LogP contribution in [0.4, 0.5) is 0 Å². The lowest BCUT2D eigenvalue weighted by molar-refractivity contribution is 0.0781. The Balaban J connectivity index is 3.19. The lowest BCUT2D eigenvalue weighted by Gasteiger charge is -2.10. The van der Waals surface area contributed by atoms with E-state index in [2.05, 4.69) is 13.5 Å². The van der Waals surface area contributed by atoms with Crippen LogP contribution in [0.1, 0.15) is 13.3 Å². The third-order valence-corrected chi connectivity index (χ3v) is 1.17. The van der Waals surface area contributed by atoms with Crippen molar-refractivity contribution < 1.29 is 4.74 Å².